The molecule has 0 radical (unpaired) electrons. The van der Waals surface area contributed by atoms with Crippen LogP contribution in [-0.4, -0.2) is 20.6 Å². The highest BCUT2D eigenvalue weighted by Crippen LogP contribution is 2.28. The standard InChI is InChI=1S/C12H12FNO4S2/c1-18-12-4-8(13)2-3-11(12)14-20(16,17)10-5-9(6-15)19-7-10/h2-5,7,14-15H,6H2,1H3. The van der Waals surface area contributed by atoms with E-state index in [9.17, 15) is 12.8 Å². The Balaban J connectivity index is 2.33. The molecule has 5 nitrogen and oxygen atoms in total. The lowest BCUT2D eigenvalue weighted by Gasteiger charge is -2.10. The summed E-state index contributed by atoms with van der Waals surface area (Å²) in [7, 11) is -2.48. The molecule has 1 heterocycles. The highest BCUT2D eigenvalue weighted by atomic mass is 32.2. The molecule has 0 bridgehead atoms. The fourth-order valence-electron chi connectivity index (χ4n) is 1.54. The zero-order valence-electron chi connectivity index (χ0n) is 10.5. The SMILES string of the molecule is COc1cc(F)ccc1NS(=O)(=O)c1csc(CO)c1. The van der Waals surface area contributed by atoms with Crippen LogP contribution in [0.4, 0.5) is 10.1 Å². The molecule has 1 aromatic heterocycles. The minimum atomic E-state index is -3.80. The van der Waals surface area contributed by atoms with E-state index in [1.54, 1.807) is 0 Å². The average Bonchev–Trinajstić information content (AvgIpc) is 2.90. The van der Waals surface area contributed by atoms with Gasteiger partial charge in [-0.1, -0.05) is 0 Å². The molecule has 0 atom stereocenters. The number of rotatable bonds is 5. The molecule has 8 heteroatoms. The first-order chi connectivity index (χ1) is 9.46. The third-order valence-corrected chi connectivity index (χ3v) is 4.92. The van der Waals surface area contributed by atoms with Gasteiger partial charge in [0.25, 0.3) is 10.0 Å². The summed E-state index contributed by atoms with van der Waals surface area (Å²) in [4.78, 5) is 0.578. The summed E-state index contributed by atoms with van der Waals surface area (Å²) in [6.07, 6.45) is 0. The quantitative estimate of drug-likeness (QED) is 0.886. The third kappa shape index (κ3) is 3.09. The second-order valence-corrected chi connectivity index (χ2v) is 6.54. The molecule has 0 amide bonds. The van der Waals surface area contributed by atoms with Gasteiger partial charge in [0.05, 0.1) is 24.3 Å². The van der Waals surface area contributed by atoms with Crippen LogP contribution in [0.15, 0.2) is 34.5 Å². The number of aliphatic hydroxyl groups is 1. The zero-order valence-corrected chi connectivity index (χ0v) is 12.1. The van der Waals surface area contributed by atoms with Gasteiger partial charge in [-0.2, -0.15) is 0 Å². The molecule has 2 N–H and O–H groups in total. The maximum absolute atomic E-state index is 13.1. The molecule has 0 fully saturated rings. The van der Waals surface area contributed by atoms with Gasteiger partial charge in [-0.05, 0) is 18.2 Å². The number of anilines is 1. The first-order valence-electron chi connectivity index (χ1n) is 5.51. The van der Waals surface area contributed by atoms with Crippen LogP contribution in [0.2, 0.25) is 0 Å². The molecule has 20 heavy (non-hydrogen) atoms. The van der Waals surface area contributed by atoms with Gasteiger partial charge in [-0.15, -0.1) is 11.3 Å². The Bertz CT molecular complexity index is 712. The largest absolute Gasteiger partial charge is 0.494 e. The number of methoxy groups -OCH3 is 1. The number of benzene rings is 1. The van der Waals surface area contributed by atoms with Crippen molar-refractivity contribution >= 4 is 27.0 Å². The van der Waals surface area contributed by atoms with Crippen molar-refractivity contribution in [1.82, 2.24) is 0 Å². The summed E-state index contributed by atoms with van der Waals surface area (Å²) in [6, 6.07) is 4.88. The van der Waals surface area contributed by atoms with Crippen LogP contribution < -0.4 is 9.46 Å². The Labute approximate surface area is 119 Å². The number of hydrogen-bond donors (Lipinski definition) is 2. The maximum atomic E-state index is 13.1. The Hall–Kier alpha value is -1.64. The third-order valence-electron chi connectivity index (χ3n) is 2.50. The molecule has 0 aliphatic rings. The molecular weight excluding hydrogens is 305 g/mol. The second kappa shape index (κ2) is 5.78. The van der Waals surface area contributed by atoms with Crippen molar-refractivity contribution in [2.75, 3.05) is 11.8 Å². The summed E-state index contributed by atoms with van der Waals surface area (Å²) in [5, 5.41) is 10.4. The van der Waals surface area contributed by atoms with E-state index in [1.807, 2.05) is 0 Å². The van der Waals surface area contributed by atoms with Gasteiger partial charge in [0.2, 0.25) is 0 Å². The van der Waals surface area contributed by atoms with Gasteiger partial charge in [-0.3, -0.25) is 4.72 Å². The van der Waals surface area contributed by atoms with E-state index in [0.29, 0.717) is 4.88 Å². The topological polar surface area (TPSA) is 75.6 Å². The molecular formula is C12H12FNO4S2. The monoisotopic (exact) mass is 317 g/mol. The van der Waals surface area contributed by atoms with Crippen molar-refractivity contribution in [3.8, 4) is 5.75 Å². The lowest BCUT2D eigenvalue weighted by atomic mass is 10.3. The molecule has 0 saturated carbocycles. The average molecular weight is 317 g/mol. The molecule has 0 aliphatic carbocycles. The number of ether oxygens (including phenoxy) is 1. The summed E-state index contributed by atoms with van der Waals surface area (Å²) >= 11 is 1.14. The maximum Gasteiger partial charge on any atom is 0.262 e. The molecule has 2 aromatic rings. The van der Waals surface area contributed by atoms with Crippen LogP contribution in [0.25, 0.3) is 0 Å². The van der Waals surface area contributed by atoms with Crippen molar-refractivity contribution < 1.29 is 22.7 Å². The predicted molar refractivity (Wildman–Crippen MR) is 74.0 cm³/mol. The van der Waals surface area contributed by atoms with Gasteiger partial charge in [0.15, 0.2) is 0 Å². The number of thiophene rings is 1. The van der Waals surface area contributed by atoms with E-state index in [4.69, 9.17) is 9.84 Å². The van der Waals surface area contributed by atoms with Crippen molar-refractivity contribution in [3.05, 3.63) is 40.3 Å². The Morgan fingerprint density at radius 3 is 2.75 bits per heavy atom. The van der Waals surface area contributed by atoms with Crippen molar-refractivity contribution in [2.45, 2.75) is 11.5 Å². The van der Waals surface area contributed by atoms with Gasteiger partial charge in [-0.25, -0.2) is 12.8 Å². The van der Waals surface area contributed by atoms with E-state index < -0.39 is 15.8 Å². The van der Waals surface area contributed by atoms with Gasteiger partial charge in [0, 0.05) is 16.3 Å². The lowest BCUT2D eigenvalue weighted by molar-refractivity contribution is 0.285. The normalized spacial score (nSPS) is 11.3. The van der Waals surface area contributed by atoms with Crippen LogP contribution in [0, 0.1) is 5.82 Å². The Morgan fingerprint density at radius 2 is 2.15 bits per heavy atom. The first kappa shape index (κ1) is 14.8. The number of sulfonamides is 1. The highest BCUT2D eigenvalue weighted by molar-refractivity contribution is 7.92. The van der Waals surface area contributed by atoms with Gasteiger partial charge >= 0.3 is 0 Å². The summed E-state index contributed by atoms with van der Waals surface area (Å²) in [6.45, 7) is -0.222. The van der Waals surface area contributed by atoms with E-state index in [0.717, 1.165) is 23.5 Å². The van der Waals surface area contributed by atoms with Crippen LogP contribution in [0.1, 0.15) is 4.88 Å². The fourth-order valence-corrected chi connectivity index (χ4v) is 3.74. The van der Waals surface area contributed by atoms with Gasteiger partial charge in [0.1, 0.15) is 11.6 Å². The number of aliphatic hydroxyl groups excluding tert-OH is 1. The summed E-state index contributed by atoms with van der Waals surface area (Å²) in [5.74, 6) is -0.436. The minimum absolute atomic E-state index is 0.0397. The lowest BCUT2D eigenvalue weighted by Crippen LogP contribution is -2.13. The van der Waals surface area contributed by atoms with Gasteiger partial charge < -0.3 is 9.84 Å². The Kier molecular flexibility index (Phi) is 4.26. The van der Waals surface area contributed by atoms with Crippen molar-refractivity contribution in [3.63, 3.8) is 0 Å². The van der Waals surface area contributed by atoms with Crippen LogP contribution in [0.5, 0.6) is 5.75 Å². The van der Waals surface area contributed by atoms with Crippen LogP contribution in [-0.2, 0) is 16.6 Å². The molecule has 0 aliphatic heterocycles. The molecule has 0 unspecified atom stereocenters. The Morgan fingerprint density at radius 1 is 1.40 bits per heavy atom. The van der Waals surface area contributed by atoms with E-state index in [-0.39, 0.29) is 22.9 Å². The predicted octanol–water partition coefficient (Wildman–Crippen LogP) is 2.19. The zero-order chi connectivity index (χ0) is 14.8. The molecule has 108 valence electrons. The fraction of sp³-hybridized carbons (Fsp3) is 0.167. The highest BCUT2D eigenvalue weighted by Gasteiger charge is 2.18. The first-order valence-corrected chi connectivity index (χ1v) is 7.87. The van der Waals surface area contributed by atoms with E-state index in [1.165, 1.54) is 24.6 Å². The minimum Gasteiger partial charge on any atom is -0.494 e. The van der Waals surface area contributed by atoms with E-state index in [2.05, 4.69) is 4.72 Å². The number of halogens is 1. The smallest absolute Gasteiger partial charge is 0.262 e. The number of hydrogen-bond acceptors (Lipinski definition) is 5. The van der Waals surface area contributed by atoms with E-state index >= 15 is 0 Å². The van der Waals surface area contributed by atoms with Crippen LogP contribution >= 0.6 is 11.3 Å². The molecule has 1 aromatic carbocycles. The molecule has 0 saturated heterocycles. The second-order valence-electron chi connectivity index (χ2n) is 3.86. The molecule has 2 rings (SSSR count). The van der Waals surface area contributed by atoms with Crippen LogP contribution in [0.3, 0.4) is 0 Å². The summed E-state index contributed by atoms with van der Waals surface area (Å²) < 4.78 is 44.6. The summed E-state index contributed by atoms with van der Waals surface area (Å²) in [5.41, 5.74) is 0.144. The number of nitrogens with one attached hydrogen (secondary N) is 1. The van der Waals surface area contributed by atoms with Crippen molar-refractivity contribution in [1.29, 1.82) is 0 Å². The van der Waals surface area contributed by atoms with Crippen molar-refractivity contribution in [2.24, 2.45) is 0 Å². The molecule has 0 spiro atoms.